The van der Waals surface area contributed by atoms with Gasteiger partial charge in [0.1, 0.15) is 0 Å². The van der Waals surface area contributed by atoms with Crippen LogP contribution in [0.15, 0.2) is 0 Å². The van der Waals surface area contributed by atoms with Crippen LogP contribution in [0.5, 0.6) is 0 Å². The normalized spacial score (nSPS) is 35.8. The molecule has 0 saturated carbocycles. The molecular formula is C13H27NO2PS+. The first-order valence-electron chi connectivity index (χ1n) is 7.33. The summed E-state index contributed by atoms with van der Waals surface area (Å²) in [6.45, 7) is 6.19. The van der Waals surface area contributed by atoms with Crippen LogP contribution in [-0.4, -0.2) is 39.0 Å². The molecule has 2 aliphatic heterocycles. The molecule has 4 atom stereocenters. The van der Waals surface area contributed by atoms with Gasteiger partial charge in [0.05, 0.1) is 32.3 Å². The summed E-state index contributed by atoms with van der Waals surface area (Å²) in [5.74, 6) is 0.705. The van der Waals surface area contributed by atoms with Crippen LogP contribution >= 0.6 is 6.49 Å². The highest BCUT2D eigenvalue weighted by atomic mass is 32.5. The van der Waals surface area contributed by atoms with Crippen LogP contribution in [0.3, 0.4) is 0 Å². The first kappa shape index (κ1) is 14.9. The van der Waals surface area contributed by atoms with E-state index in [9.17, 15) is 0 Å². The van der Waals surface area contributed by atoms with Crippen molar-refractivity contribution in [2.45, 2.75) is 45.1 Å². The smallest absolute Gasteiger partial charge is 0.185 e. The van der Waals surface area contributed by atoms with Gasteiger partial charge in [-0.1, -0.05) is 0 Å². The van der Waals surface area contributed by atoms with Gasteiger partial charge in [0.15, 0.2) is 6.49 Å². The molecule has 0 amide bonds. The molecule has 2 aliphatic rings. The lowest BCUT2D eigenvalue weighted by atomic mass is 9.84. The summed E-state index contributed by atoms with van der Waals surface area (Å²) in [7, 11) is 0. The second kappa shape index (κ2) is 6.81. The van der Waals surface area contributed by atoms with Gasteiger partial charge in [0.2, 0.25) is 0 Å². The van der Waals surface area contributed by atoms with Crippen LogP contribution in [0.2, 0.25) is 0 Å². The Hall–Kier alpha value is 0.530. The number of nitrogens with one attached hydrogen (secondary N) is 1. The Bertz CT molecular complexity index is 311. The van der Waals surface area contributed by atoms with Crippen LogP contribution in [0.25, 0.3) is 0 Å². The summed E-state index contributed by atoms with van der Waals surface area (Å²) in [6, 6.07) is 0.823. The maximum absolute atomic E-state index is 5.95. The molecule has 5 heteroatoms. The van der Waals surface area contributed by atoms with E-state index in [-0.39, 0.29) is 0 Å². The molecule has 0 aliphatic carbocycles. The molecule has 0 spiro atoms. The molecule has 2 saturated heterocycles. The van der Waals surface area contributed by atoms with Crippen LogP contribution in [0.4, 0.5) is 0 Å². The van der Waals surface area contributed by atoms with Crippen molar-refractivity contribution in [1.82, 2.24) is 0 Å². The molecule has 3 nitrogen and oxygen atoms in total. The first-order valence-corrected chi connectivity index (χ1v) is 10.4. The highest BCUT2D eigenvalue weighted by Gasteiger charge is 2.37. The minimum atomic E-state index is -1.98. The van der Waals surface area contributed by atoms with Crippen molar-refractivity contribution in [3.63, 3.8) is 0 Å². The van der Waals surface area contributed by atoms with E-state index < -0.39 is 6.49 Å². The maximum atomic E-state index is 5.95. The molecule has 2 fully saturated rings. The largest absolute Gasteiger partial charge is 0.332 e. The number of rotatable bonds is 5. The molecule has 1 unspecified atom stereocenters. The standard InChI is InChI=1S/C13H26NO2PS/c1-3-15-17(2,18)16-11-12-7-6-10-14-9-5-4-8-13(12)14/h12-13H,3-11H2,1-2H3/p+1/t12-,13-,17+/m1/s1. The van der Waals surface area contributed by atoms with E-state index in [2.05, 4.69) is 0 Å². The Labute approximate surface area is 116 Å². The zero-order valence-corrected chi connectivity index (χ0v) is 13.4. The molecule has 2 rings (SSSR count). The summed E-state index contributed by atoms with van der Waals surface area (Å²) < 4.78 is 11.5. The van der Waals surface area contributed by atoms with E-state index in [0.29, 0.717) is 12.5 Å². The van der Waals surface area contributed by atoms with Gasteiger partial charge in [-0.2, -0.15) is 0 Å². The minimum absolute atomic E-state index is 0.666. The van der Waals surface area contributed by atoms with E-state index in [4.69, 9.17) is 20.9 Å². The molecule has 0 bridgehead atoms. The Morgan fingerprint density at radius 2 is 1.94 bits per heavy atom. The predicted octanol–water partition coefficient (Wildman–Crippen LogP) is 1.83. The lowest BCUT2D eigenvalue weighted by molar-refractivity contribution is -0.940. The quantitative estimate of drug-likeness (QED) is 0.782. The third-order valence-electron chi connectivity index (χ3n) is 4.32. The monoisotopic (exact) mass is 292 g/mol. The van der Waals surface area contributed by atoms with Crippen molar-refractivity contribution in [1.29, 1.82) is 0 Å². The molecule has 0 aromatic carbocycles. The molecule has 18 heavy (non-hydrogen) atoms. The predicted molar refractivity (Wildman–Crippen MR) is 78.8 cm³/mol. The zero-order valence-electron chi connectivity index (χ0n) is 11.7. The summed E-state index contributed by atoms with van der Waals surface area (Å²) in [5, 5.41) is 0. The maximum Gasteiger partial charge on any atom is 0.185 e. The zero-order chi connectivity index (χ0) is 13.0. The lowest BCUT2D eigenvalue weighted by Crippen LogP contribution is -3.18. The molecule has 0 radical (unpaired) electrons. The lowest BCUT2D eigenvalue weighted by Gasteiger charge is -2.41. The van der Waals surface area contributed by atoms with E-state index in [1.54, 1.807) is 0 Å². The number of quaternary nitrogens is 1. The Morgan fingerprint density at radius 3 is 2.72 bits per heavy atom. The van der Waals surface area contributed by atoms with Crippen molar-refractivity contribution in [3.05, 3.63) is 0 Å². The van der Waals surface area contributed by atoms with E-state index in [0.717, 1.165) is 12.6 Å². The van der Waals surface area contributed by atoms with Crippen molar-refractivity contribution in [3.8, 4) is 0 Å². The summed E-state index contributed by atoms with van der Waals surface area (Å²) >= 11 is 5.42. The summed E-state index contributed by atoms with van der Waals surface area (Å²) in [4.78, 5) is 1.82. The number of fused-ring (bicyclic) bond motifs is 1. The van der Waals surface area contributed by atoms with Gasteiger partial charge in [-0.15, -0.1) is 0 Å². The molecule has 2 heterocycles. The molecule has 1 N–H and O–H groups in total. The topological polar surface area (TPSA) is 22.9 Å². The minimum Gasteiger partial charge on any atom is -0.332 e. The van der Waals surface area contributed by atoms with Crippen LogP contribution in [-0.2, 0) is 20.9 Å². The molecule has 0 aromatic rings. The van der Waals surface area contributed by atoms with E-state index in [1.165, 1.54) is 45.2 Å². The van der Waals surface area contributed by atoms with Gasteiger partial charge >= 0.3 is 0 Å². The summed E-state index contributed by atoms with van der Waals surface area (Å²) in [5.41, 5.74) is 0. The number of hydrogen-bond donors (Lipinski definition) is 1. The fraction of sp³-hybridized carbons (Fsp3) is 1.00. The van der Waals surface area contributed by atoms with Crippen molar-refractivity contribution < 1.29 is 13.9 Å². The second-order valence-electron chi connectivity index (χ2n) is 5.65. The fourth-order valence-corrected chi connectivity index (χ4v) is 4.98. The third-order valence-corrected chi connectivity index (χ3v) is 6.29. The van der Waals surface area contributed by atoms with Gasteiger partial charge in [-0.05, 0) is 50.8 Å². The first-order chi connectivity index (χ1) is 8.62. The van der Waals surface area contributed by atoms with Crippen molar-refractivity contribution in [2.75, 3.05) is 33.0 Å². The van der Waals surface area contributed by atoms with Gasteiger partial charge < -0.3 is 13.9 Å². The van der Waals surface area contributed by atoms with Crippen LogP contribution < -0.4 is 4.90 Å². The highest BCUT2D eigenvalue weighted by Crippen LogP contribution is 2.45. The van der Waals surface area contributed by atoms with Crippen LogP contribution in [0.1, 0.15) is 39.0 Å². The molecule has 106 valence electrons. The van der Waals surface area contributed by atoms with E-state index in [1.807, 2.05) is 18.5 Å². The van der Waals surface area contributed by atoms with Crippen LogP contribution in [0, 0.1) is 5.92 Å². The Balaban J connectivity index is 1.86. The number of piperidine rings is 2. The van der Waals surface area contributed by atoms with Gasteiger partial charge in [0, 0.05) is 12.6 Å². The SMILES string of the molecule is CCO[P@](C)(=S)OC[C@H]1CCC[NH+]2CCCC[C@H]12. The third kappa shape index (κ3) is 4.01. The van der Waals surface area contributed by atoms with Gasteiger partial charge in [-0.25, -0.2) is 0 Å². The fourth-order valence-electron chi connectivity index (χ4n) is 3.48. The van der Waals surface area contributed by atoms with E-state index >= 15 is 0 Å². The Morgan fingerprint density at radius 1 is 1.17 bits per heavy atom. The van der Waals surface area contributed by atoms with Crippen molar-refractivity contribution >= 4 is 18.3 Å². The van der Waals surface area contributed by atoms with Gasteiger partial charge in [-0.3, -0.25) is 0 Å². The Kier molecular flexibility index (Phi) is 5.64. The molecular weight excluding hydrogens is 265 g/mol. The number of hydrogen-bond acceptors (Lipinski definition) is 3. The highest BCUT2D eigenvalue weighted by molar-refractivity contribution is 8.09. The average molecular weight is 292 g/mol. The van der Waals surface area contributed by atoms with Crippen molar-refractivity contribution in [2.24, 2.45) is 5.92 Å². The summed E-state index contributed by atoms with van der Waals surface area (Å²) in [6.07, 6.45) is 6.85. The molecule has 0 aromatic heterocycles. The second-order valence-corrected chi connectivity index (χ2v) is 9.70. The van der Waals surface area contributed by atoms with Gasteiger partial charge in [0.25, 0.3) is 0 Å². The average Bonchev–Trinajstić information content (AvgIpc) is 2.36.